The predicted octanol–water partition coefficient (Wildman–Crippen LogP) is 6.73. The lowest BCUT2D eigenvalue weighted by Crippen LogP contribution is -2.35. The zero-order valence-electron chi connectivity index (χ0n) is 17.7. The first-order valence-electron chi connectivity index (χ1n) is 10.3. The standard InChI is InChI=1S/C24H30N2O3/c1-16(2)22-14-5-17(3)15-23(22)29-24(27)18-6-8-19(9-7-18)25-26-20-10-12-21(28-4)13-11-20/h6-13,16-17,22-23H,5,14-15H2,1-4H3/t17-,22+,23-/m1/s1. The molecule has 5 heteroatoms. The molecular weight excluding hydrogens is 364 g/mol. The molecule has 0 radical (unpaired) electrons. The third kappa shape index (κ3) is 5.66. The van der Waals surface area contributed by atoms with Gasteiger partial charge in [-0.2, -0.15) is 10.2 Å². The van der Waals surface area contributed by atoms with E-state index in [-0.39, 0.29) is 12.1 Å². The largest absolute Gasteiger partial charge is 0.497 e. The number of rotatable bonds is 6. The first-order chi connectivity index (χ1) is 14.0. The van der Waals surface area contributed by atoms with Gasteiger partial charge in [0, 0.05) is 0 Å². The minimum absolute atomic E-state index is 0.000635. The molecule has 5 nitrogen and oxygen atoms in total. The summed E-state index contributed by atoms with van der Waals surface area (Å²) in [6, 6.07) is 14.4. The third-order valence-corrected chi connectivity index (χ3v) is 5.68. The highest BCUT2D eigenvalue weighted by atomic mass is 16.5. The van der Waals surface area contributed by atoms with Gasteiger partial charge < -0.3 is 9.47 Å². The maximum atomic E-state index is 12.7. The van der Waals surface area contributed by atoms with Crippen molar-refractivity contribution >= 4 is 17.3 Å². The van der Waals surface area contributed by atoms with E-state index < -0.39 is 0 Å². The Morgan fingerprint density at radius 1 is 0.966 bits per heavy atom. The van der Waals surface area contributed by atoms with Gasteiger partial charge >= 0.3 is 5.97 Å². The lowest BCUT2D eigenvalue weighted by atomic mass is 9.75. The highest BCUT2D eigenvalue weighted by Crippen LogP contribution is 2.35. The molecule has 1 saturated carbocycles. The smallest absolute Gasteiger partial charge is 0.338 e. The zero-order chi connectivity index (χ0) is 20.8. The molecule has 2 aromatic rings. The van der Waals surface area contributed by atoms with E-state index in [1.165, 1.54) is 6.42 Å². The summed E-state index contributed by atoms with van der Waals surface area (Å²) in [4.78, 5) is 12.7. The summed E-state index contributed by atoms with van der Waals surface area (Å²) in [7, 11) is 1.63. The Morgan fingerprint density at radius 2 is 1.55 bits per heavy atom. The van der Waals surface area contributed by atoms with Crippen LogP contribution in [0.2, 0.25) is 0 Å². The lowest BCUT2D eigenvalue weighted by molar-refractivity contribution is -0.0174. The highest BCUT2D eigenvalue weighted by Gasteiger charge is 2.33. The van der Waals surface area contributed by atoms with Crippen LogP contribution in [0.15, 0.2) is 58.8 Å². The summed E-state index contributed by atoms with van der Waals surface area (Å²) in [6.45, 7) is 6.66. The molecule has 0 bridgehead atoms. The van der Waals surface area contributed by atoms with Gasteiger partial charge in [-0.05, 0) is 79.1 Å². The van der Waals surface area contributed by atoms with Crippen molar-refractivity contribution in [3.05, 3.63) is 54.1 Å². The van der Waals surface area contributed by atoms with E-state index in [0.717, 1.165) is 24.3 Å². The fraction of sp³-hybridized carbons (Fsp3) is 0.458. The van der Waals surface area contributed by atoms with Crippen molar-refractivity contribution in [2.24, 2.45) is 28.0 Å². The van der Waals surface area contributed by atoms with Crippen LogP contribution in [0.4, 0.5) is 11.4 Å². The van der Waals surface area contributed by atoms with Crippen molar-refractivity contribution in [2.75, 3.05) is 7.11 Å². The SMILES string of the molecule is COc1ccc(N=Nc2ccc(C(=O)O[C@@H]3C[C@H](C)CC[C@H]3C(C)C)cc2)cc1. The third-order valence-electron chi connectivity index (χ3n) is 5.68. The molecule has 0 saturated heterocycles. The van der Waals surface area contributed by atoms with Gasteiger partial charge in [-0.3, -0.25) is 0 Å². The maximum absolute atomic E-state index is 12.7. The molecule has 0 unspecified atom stereocenters. The summed E-state index contributed by atoms with van der Waals surface area (Å²) in [5.74, 6) is 2.07. The summed E-state index contributed by atoms with van der Waals surface area (Å²) < 4.78 is 11.0. The topological polar surface area (TPSA) is 60.2 Å². The normalized spacial score (nSPS) is 22.0. The van der Waals surface area contributed by atoms with Gasteiger partial charge in [-0.25, -0.2) is 4.79 Å². The molecule has 1 aliphatic carbocycles. The Morgan fingerprint density at radius 3 is 2.10 bits per heavy atom. The molecule has 2 aromatic carbocycles. The molecule has 1 aliphatic rings. The van der Waals surface area contributed by atoms with Gasteiger partial charge in [0.1, 0.15) is 11.9 Å². The molecule has 3 rings (SSSR count). The molecule has 0 N–H and O–H groups in total. The van der Waals surface area contributed by atoms with Crippen molar-refractivity contribution in [2.45, 2.75) is 46.1 Å². The molecule has 0 amide bonds. The van der Waals surface area contributed by atoms with Gasteiger partial charge in [0.25, 0.3) is 0 Å². The van der Waals surface area contributed by atoms with Gasteiger partial charge in [0.2, 0.25) is 0 Å². The van der Waals surface area contributed by atoms with Crippen LogP contribution in [0.3, 0.4) is 0 Å². The van der Waals surface area contributed by atoms with Gasteiger partial charge in [-0.15, -0.1) is 0 Å². The minimum atomic E-state index is -0.256. The molecule has 0 aliphatic heterocycles. The van der Waals surface area contributed by atoms with Crippen molar-refractivity contribution < 1.29 is 14.3 Å². The molecule has 29 heavy (non-hydrogen) atoms. The van der Waals surface area contributed by atoms with Crippen molar-refractivity contribution in [1.29, 1.82) is 0 Å². The number of methoxy groups -OCH3 is 1. The second-order valence-corrected chi connectivity index (χ2v) is 8.21. The van der Waals surface area contributed by atoms with E-state index >= 15 is 0 Å². The van der Waals surface area contributed by atoms with Crippen LogP contribution in [-0.4, -0.2) is 19.2 Å². The number of nitrogens with zero attached hydrogens (tertiary/aromatic N) is 2. The highest BCUT2D eigenvalue weighted by molar-refractivity contribution is 5.89. The van der Waals surface area contributed by atoms with E-state index in [4.69, 9.17) is 9.47 Å². The number of ether oxygens (including phenoxy) is 2. The van der Waals surface area contributed by atoms with Gasteiger partial charge in [0.15, 0.2) is 0 Å². The number of benzene rings is 2. The summed E-state index contributed by atoms with van der Waals surface area (Å²) in [5.41, 5.74) is 1.97. The van der Waals surface area contributed by atoms with Gasteiger partial charge in [-0.1, -0.05) is 27.2 Å². The fourth-order valence-electron chi connectivity index (χ4n) is 3.88. The first-order valence-corrected chi connectivity index (χ1v) is 10.3. The zero-order valence-corrected chi connectivity index (χ0v) is 17.7. The first kappa shape index (κ1) is 21.0. The van der Waals surface area contributed by atoms with E-state index in [1.54, 1.807) is 31.4 Å². The number of esters is 1. The number of carbonyl (C=O) groups excluding carboxylic acids is 1. The van der Waals surface area contributed by atoms with Crippen LogP contribution < -0.4 is 4.74 Å². The average molecular weight is 395 g/mol. The van der Waals surface area contributed by atoms with Crippen LogP contribution >= 0.6 is 0 Å². The van der Waals surface area contributed by atoms with Gasteiger partial charge in [0.05, 0.1) is 24.0 Å². The Hall–Kier alpha value is -2.69. The maximum Gasteiger partial charge on any atom is 0.338 e. The van der Waals surface area contributed by atoms with Crippen LogP contribution in [0.25, 0.3) is 0 Å². The molecule has 0 aromatic heterocycles. The van der Waals surface area contributed by atoms with E-state index in [0.29, 0.717) is 29.0 Å². The van der Waals surface area contributed by atoms with Crippen molar-refractivity contribution in [3.8, 4) is 5.75 Å². The Balaban J connectivity index is 1.62. The number of carbonyl (C=O) groups is 1. The minimum Gasteiger partial charge on any atom is -0.497 e. The van der Waals surface area contributed by atoms with Crippen LogP contribution in [-0.2, 0) is 4.74 Å². The monoisotopic (exact) mass is 394 g/mol. The summed E-state index contributed by atoms with van der Waals surface area (Å²) >= 11 is 0. The van der Waals surface area contributed by atoms with E-state index in [2.05, 4.69) is 31.0 Å². The van der Waals surface area contributed by atoms with E-state index in [1.807, 2.05) is 24.3 Å². The Kier molecular flexibility index (Phi) is 7.02. The predicted molar refractivity (Wildman–Crippen MR) is 114 cm³/mol. The van der Waals surface area contributed by atoms with Crippen LogP contribution in [0.5, 0.6) is 5.75 Å². The second kappa shape index (κ2) is 9.68. The summed E-state index contributed by atoms with van der Waals surface area (Å²) in [5, 5.41) is 8.44. The lowest BCUT2D eigenvalue weighted by Gasteiger charge is -2.36. The summed E-state index contributed by atoms with van der Waals surface area (Å²) in [6.07, 6.45) is 3.29. The molecule has 0 spiro atoms. The van der Waals surface area contributed by atoms with E-state index in [9.17, 15) is 4.79 Å². The number of azo groups is 1. The molecule has 1 fully saturated rings. The van der Waals surface area contributed by atoms with Crippen molar-refractivity contribution in [3.63, 3.8) is 0 Å². The fourth-order valence-corrected chi connectivity index (χ4v) is 3.88. The number of hydrogen-bond donors (Lipinski definition) is 0. The number of hydrogen-bond acceptors (Lipinski definition) is 5. The Bertz CT molecular complexity index is 828. The Labute approximate surface area is 173 Å². The molecule has 0 heterocycles. The average Bonchev–Trinajstić information content (AvgIpc) is 2.72. The molecule has 3 atom stereocenters. The molecule has 154 valence electrons. The second-order valence-electron chi connectivity index (χ2n) is 8.21. The van der Waals surface area contributed by atoms with Crippen molar-refractivity contribution in [1.82, 2.24) is 0 Å². The van der Waals surface area contributed by atoms with Crippen LogP contribution in [0.1, 0.15) is 50.4 Å². The van der Waals surface area contributed by atoms with Crippen LogP contribution in [0, 0.1) is 17.8 Å². The molecular formula is C24H30N2O3. The quantitative estimate of drug-likeness (QED) is 0.403.